The molecular weight excluding hydrogens is 380 g/mol. The first-order valence-corrected chi connectivity index (χ1v) is 11.6. The number of nitrogens with one attached hydrogen (secondary N) is 1. The van der Waals surface area contributed by atoms with Crippen molar-refractivity contribution in [3.63, 3.8) is 0 Å². The summed E-state index contributed by atoms with van der Waals surface area (Å²) < 4.78 is 5.65. The molecule has 0 radical (unpaired) electrons. The molecule has 3 aliphatic rings. The summed E-state index contributed by atoms with van der Waals surface area (Å²) in [6.45, 7) is 6.32. The lowest BCUT2D eigenvalue weighted by molar-refractivity contribution is -0.139. The molecule has 158 valence electrons. The van der Waals surface area contributed by atoms with Gasteiger partial charge in [0.25, 0.3) is 5.91 Å². The number of aryl methyl sites for hydroxylation is 1. The number of thiocarbonyl (C=S) groups is 1. The van der Waals surface area contributed by atoms with Crippen molar-refractivity contribution < 1.29 is 9.53 Å². The van der Waals surface area contributed by atoms with E-state index in [2.05, 4.69) is 30.4 Å². The van der Waals surface area contributed by atoms with Crippen LogP contribution in [0.1, 0.15) is 76.0 Å². The number of fused-ring (bicyclic) bond motifs is 3. The maximum atomic E-state index is 14.0. The highest BCUT2D eigenvalue weighted by molar-refractivity contribution is 7.80. The fourth-order valence-electron chi connectivity index (χ4n) is 5.94. The molecule has 0 aromatic heterocycles. The lowest BCUT2D eigenvalue weighted by Crippen LogP contribution is -2.57. The second kappa shape index (κ2) is 7.66. The molecule has 1 amide bonds. The van der Waals surface area contributed by atoms with Gasteiger partial charge >= 0.3 is 0 Å². The Labute approximate surface area is 180 Å². The maximum absolute atomic E-state index is 14.0. The van der Waals surface area contributed by atoms with E-state index in [0.29, 0.717) is 11.2 Å². The molecule has 29 heavy (non-hydrogen) atoms. The molecule has 1 saturated carbocycles. The van der Waals surface area contributed by atoms with E-state index in [4.69, 9.17) is 17.0 Å². The van der Waals surface area contributed by atoms with Gasteiger partial charge in [-0.05, 0) is 87.7 Å². The summed E-state index contributed by atoms with van der Waals surface area (Å²) in [4.78, 5) is 15.9. The van der Waals surface area contributed by atoms with E-state index in [-0.39, 0.29) is 17.4 Å². The maximum Gasteiger partial charge on any atom is 0.259 e. The fraction of sp³-hybridized carbons (Fsp3) is 0.667. The van der Waals surface area contributed by atoms with Crippen LogP contribution in [0.4, 0.5) is 0 Å². The quantitative estimate of drug-likeness (QED) is 0.721. The number of hydrogen-bond acceptors (Lipinski definition) is 3. The molecule has 1 N–H and O–H groups in total. The van der Waals surface area contributed by atoms with Gasteiger partial charge in [0.05, 0.1) is 6.10 Å². The second-order valence-electron chi connectivity index (χ2n) is 9.44. The standard InChI is InChI=1S/C24H34N2O2S/c1-5-6-7-17-8-9-18-15-23(12-10-19(28-4)11-13-23)24(20(18)14-17)21(27)26(16(2)3)22(29)25-24/h8-9,14,16,19H,5-7,10-13,15H2,1-4H3,(H,25,29)/t19-,23-,24?. The van der Waals surface area contributed by atoms with Crippen molar-refractivity contribution in [1.29, 1.82) is 0 Å². The minimum absolute atomic E-state index is 0.0570. The highest BCUT2D eigenvalue weighted by atomic mass is 32.1. The van der Waals surface area contributed by atoms with E-state index in [9.17, 15) is 4.79 Å². The summed E-state index contributed by atoms with van der Waals surface area (Å²) >= 11 is 5.70. The Balaban J connectivity index is 1.82. The zero-order valence-electron chi connectivity index (χ0n) is 18.2. The van der Waals surface area contributed by atoms with E-state index >= 15 is 0 Å². The van der Waals surface area contributed by atoms with Crippen molar-refractivity contribution in [2.24, 2.45) is 5.41 Å². The Morgan fingerprint density at radius 1 is 1.31 bits per heavy atom. The topological polar surface area (TPSA) is 41.6 Å². The number of carbonyl (C=O) groups is 1. The van der Waals surface area contributed by atoms with Gasteiger partial charge in [-0.1, -0.05) is 31.5 Å². The van der Waals surface area contributed by atoms with Crippen molar-refractivity contribution in [3.8, 4) is 0 Å². The van der Waals surface area contributed by atoms with Crippen LogP contribution in [-0.4, -0.2) is 35.2 Å². The van der Waals surface area contributed by atoms with Crippen molar-refractivity contribution in [3.05, 3.63) is 34.9 Å². The highest BCUT2D eigenvalue weighted by Crippen LogP contribution is 2.60. The molecule has 2 aliphatic carbocycles. The normalized spacial score (nSPS) is 31.2. The average molecular weight is 415 g/mol. The summed E-state index contributed by atoms with van der Waals surface area (Å²) in [6, 6.07) is 6.90. The first kappa shape index (κ1) is 20.8. The van der Waals surface area contributed by atoms with Crippen LogP contribution < -0.4 is 5.32 Å². The number of carbonyl (C=O) groups excluding carboxylic acids is 1. The molecule has 5 heteroatoms. The number of ether oxygens (including phenoxy) is 1. The molecule has 0 bridgehead atoms. The largest absolute Gasteiger partial charge is 0.381 e. The summed E-state index contributed by atoms with van der Waals surface area (Å²) in [6.07, 6.45) is 8.61. The number of hydrogen-bond donors (Lipinski definition) is 1. The van der Waals surface area contributed by atoms with Crippen LogP contribution in [-0.2, 0) is 27.9 Å². The Bertz CT molecular complexity index is 813. The molecule has 1 saturated heterocycles. The van der Waals surface area contributed by atoms with Gasteiger partial charge in [0, 0.05) is 18.6 Å². The van der Waals surface area contributed by atoms with Crippen molar-refractivity contribution >= 4 is 23.2 Å². The molecule has 1 aliphatic heterocycles. The monoisotopic (exact) mass is 414 g/mol. The Kier molecular flexibility index (Phi) is 5.49. The van der Waals surface area contributed by atoms with Gasteiger partial charge in [0.2, 0.25) is 0 Å². The van der Waals surface area contributed by atoms with Crippen molar-refractivity contribution in [2.45, 2.75) is 89.8 Å². The number of amides is 1. The van der Waals surface area contributed by atoms with Gasteiger partial charge in [-0.25, -0.2) is 0 Å². The van der Waals surface area contributed by atoms with Crippen LogP contribution in [0.3, 0.4) is 0 Å². The van der Waals surface area contributed by atoms with Gasteiger partial charge in [-0.2, -0.15) is 0 Å². The Hall–Kier alpha value is -1.46. The third-order valence-electron chi connectivity index (χ3n) is 7.51. The van der Waals surface area contributed by atoms with Gasteiger partial charge in [-0.3, -0.25) is 9.69 Å². The molecular formula is C24H34N2O2S. The minimum Gasteiger partial charge on any atom is -0.381 e. The van der Waals surface area contributed by atoms with Gasteiger partial charge in [-0.15, -0.1) is 0 Å². The smallest absolute Gasteiger partial charge is 0.259 e. The molecule has 2 fully saturated rings. The summed E-state index contributed by atoms with van der Waals surface area (Å²) in [5.74, 6) is 0.153. The zero-order chi connectivity index (χ0) is 20.8. The van der Waals surface area contributed by atoms with Crippen LogP contribution in [0.5, 0.6) is 0 Å². The summed E-state index contributed by atoms with van der Waals surface area (Å²) in [5, 5.41) is 4.20. The predicted octanol–water partition coefficient (Wildman–Crippen LogP) is 4.48. The molecule has 1 unspecified atom stereocenters. The van der Waals surface area contributed by atoms with E-state index in [1.54, 1.807) is 7.11 Å². The van der Waals surface area contributed by atoms with Crippen LogP contribution in [0, 0.1) is 5.41 Å². The second-order valence-corrected chi connectivity index (χ2v) is 9.82. The highest BCUT2D eigenvalue weighted by Gasteiger charge is 2.67. The summed E-state index contributed by atoms with van der Waals surface area (Å²) in [7, 11) is 1.80. The van der Waals surface area contributed by atoms with Crippen LogP contribution in [0.15, 0.2) is 18.2 Å². The number of rotatable bonds is 5. The average Bonchev–Trinajstić information content (AvgIpc) is 3.13. The third-order valence-corrected chi connectivity index (χ3v) is 7.81. The third kappa shape index (κ3) is 3.04. The number of methoxy groups -OCH3 is 1. The van der Waals surface area contributed by atoms with Gasteiger partial charge in [0.1, 0.15) is 0 Å². The molecule has 1 aromatic carbocycles. The number of nitrogens with zero attached hydrogens (tertiary/aromatic N) is 1. The first-order valence-electron chi connectivity index (χ1n) is 11.2. The van der Waals surface area contributed by atoms with Crippen LogP contribution >= 0.6 is 12.2 Å². The SMILES string of the molecule is CCCCc1ccc2c(c1)C1(NC(=S)N(C(C)C)C1=O)[C@]1(CC[C@H](OC)CC1)C2. The lowest BCUT2D eigenvalue weighted by Gasteiger charge is -2.46. The van der Waals surface area contributed by atoms with E-state index in [1.807, 2.05) is 18.7 Å². The molecule has 1 heterocycles. The Morgan fingerprint density at radius 3 is 2.62 bits per heavy atom. The fourth-order valence-corrected chi connectivity index (χ4v) is 6.38. The summed E-state index contributed by atoms with van der Waals surface area (Å²) in [5.41, 5.74) is 2.98. The predicted molar refractivity (Wildman–Crippen MR) is 120 cm³/mol. The van der Waals surface area contributed by atoms with Crippen LogP contribution in [0.2, 0.25) is 0 Å². The van der Waals surface area contributed by atoms with E-state index in [0.717, 1.165) is 38.5 Å². The first-order chi connectivity index (χ1) is 13.9. The van der Waals surface area contributed by atoms with Crippen molar-refractivity contribution in [2.75, 3.05) is 7.11 Å². The van der Waals surface area contributed by atoms with Gasteiger partial charge in [0.15, 0.2) is 10.7 Å². The zero-order valence-corrected chi connectivity index (χ0v) is 19.0. The Morgan fingerprint density at radius 2 is 2.03 bits per heavy atom. The molecule has 2 spiro atoms. The van der Waals surface area contributed by atoms with Crippen LogP contribution in [0.25, 0.3) is 0 Å². The molecule has 4 rings (SSSR count). The molecule has 4 nitrogen and oxygen atoms in total. The number of benzene rings is 1. The van der Waals surface area contributed by atoms with E-state index in [1.165, 1.54) is 29.5 Å². The van der Waals surface area contributed by atoms with Gasteiger partial charge < -0.3 is 10.1 Å². The molecule has 1 atom stereocenters. The van der Waals surface area contributed by atoms with E-state index < -0.39 is 5.54 Å². The number of unbranched alkanes of at least 4 members (excludes halogenated alkanes) is 1. The lowest BCUT2D eigenvalue weighted by atomic mass is 9.61. The minimum atomic E-state index is -0.718. The molecule has 1 aromatic rings. The van der Waals surface area contributed by atoms with Crippen molar-refractivity contribution in [1.82, 2.24) is 10.2 Å².